The molecule has 0 radical (unpaired) electrons. The normalized spacial score (nSPS) is 10.5. The van der Waals surface area contributed by atoms with Crippen molar-refractivity contribution >= 4 is 55.8 Å². The number of nitrogens with zero attached hydrogens (tertiary/aromatic N) is 1. The molecule has 0 saturated heterocycles. The van der Waals surface area contributed by atoms with Gasteiger partial charge in [-0.25, -0.2) is 0 Å². The monoisotopic (exact) mass is 449 g/mol. The first-order valence-corrected chi connectivity index (χ1v) is 8.47. The molecule has 2 nitrogen and oxygen atoms in total. The summed E-state index contributed by atoms with van der Waals surface area (Å²) in [6.07, 6.45) is 0. The third-order valence-corrected chi connectivity index (χ3v) is 5.30. The summed E-state index contributed by atoms with van der Waals surface area (Å²) in [6.45, 7) is 2.73. The zero-order valence-corrected chi connectivity index (χ0v) is 15.2. The van der Waals surface area contributed by atoms with Gasteiger partial charge in [-0.1, -0.05) is 15.9 Å². The molecule has 0 aliphatic rings. The van der Waals surface area contributed by atoms with Crippen LogP contribution in [0.15, 0.2) is 34.1 Å². The molecule has 0 saturated carbocycles. The maximum absolute atomic E-state index is 12.5. The van der Waals surface area contributed by atoms with Gasteiger partial charge in [-0.3, -0.25) is 4.79 Å². The average Bonchev–Trinajstić information content (AvgIpc) is 2.77. The number of benzene rings is 1. The van der Waals surface area contributed by atoms with Crippen molar-refractivity contribution in [3.05, 3.63) is 53.7 Å². The van der Waals surface area contributed by atoms with Gasteiger partial charge >= 0.3 is 0 Å². The Hall–Kier alpha value is -0.400. The van der Waals surface area contributed by atoms with E-state index in [1.54, 1.807) is 16.2 Å². The van der Waals surface area contributed by atoms with Gasteiger partial charge in [0.25, 0.3) is 5.91 Å². The van der Waals surface area contributed by atoms with Crippen LogP contribution >= 0.6 is 49.9 Å². The summed E-state index contributed by atoms with van der Waals surface area (Å²) in [6, 6.07) is 7.85. The lowest BCUT2D eigenvalue weighted by Crippen LogP contribution is -2.26. The number of carbonyl (C=O) groups excluding carboxylic acids is 1. The van der Waals surface area contributed by atoms with E-state index in [0.29, 0.717) is 6.54 Å². The molecular formula is C14H13BrINOS. The minimum Gasteiger partial charge on any atom is -0.337 e. The summed E-state index contributed by atoms with van der Waals surface area (Å²) >= 11 is 7.30. The Balaban J connectivity index is 2.19. The molecule has 0 atom stereocenters. The SMILES string of the molecule is Cc1ccsc1CN(C)C(=O)c1cc(Br)ccc1I. The van der Waals surface area contributed by atoms with Crippen LogP contribution in [-0.4, -0.2) is 17.9 Å². The number of carbonyl (C=O) groups is 1. The Morgan fingerprint density at radius 2 is 2.16 bits per heavy atom. The molecule has 0 fully saturated rings. The van der Waals surface area contributed by atoms with Crippen LogP contribution in [0.4, 0.5) is 0 Å². The van der Waals surface area contributed by atoms with Gasteiger partial charge in [0.2, 0.25) is 0 Å². The third-order valence-electron chi connectivity index (χ3n) is 2.85. The molecule has 2 rings (SSSR count). The van der Waals surface area contributed by atoms with Crippen molar-refractivity contribution in [1.29, 1.82) is 0 Å². The van der Waals surface area contributed by atoms with E-state index < -0.39 is 0 Å². The summed E-state index contributed by atoms with van der Waals surface area (Å²) in [5.41, 5.74) is 1.99. The molecule has 0 aliphatic heterocycles. The Morgan fingerprint density at radius 3 is 2.79 bits per heavy atom. The van der Waals surface area contributed by atoms with E-state index in [2.05, 4.69) is 56.9 Å². The molecule has 0 N–H and O–H groups in total. The molecule has 1 heterocycles. The van der Waals surface area contributed by atoms with Crippen molar-refractivity contribution in [2.24, 2.45) is 0 Å². The van der Waals surface area contributed by atoms with E-state index in [9.17, 15) is 4.79 Å². The van der Waals surface area contributed by atoms with E-state index >= 15 is 0 Å². The van der Waals surface area contributed by atoms with Crippen molar-refractivity contribution in [3.63, 3.8) is 0 Å². The number of aryl methyl sites for hydroxylation is 1. The van der Waals surface area contributed by atoms with E-state index in [0.717, 1.165) is 13.6 Å². The molecule has 0 unspecified atom stereocenters. The van der Waals surface area contributed by atoms with Gasteiger partial charge in [0.05, 0.1) is 12.1 Å². The number of halogens is 2. The first-order chi connectivity index (χ1) is 8.99. The van der Waals surface area contributed by atoms with E-state index in [1.807, 2.05) is 25.2 Å². The lowest BCUT2D eigenvalue weighted by Gasteiger charge is -2.18. The van der Waals surface area contributed by atoms with Crippen LogP contribution in [0.3, 0.4) is 0 Å². The molecular weight excluding hydrogens is 437 g/mol. The highest BCUT2D eigenvalue weighted by atomic mass is 127. The van der Waals surface area contributed by atoms with Crippen molar-refractivity contribution in [1.82, 2.24) is 4.90 Å². The van der Waals surface area contributed by atoms with Crippen molar-refractivity contribution < 1.29 is 4.79 Å². The highest BCUT2D eigenvalue weighted by Crippen LogP contribution is 2.22. The lowest BCUT2D eigenvalue weighted by atomic mass is 10.2. The van der Waals surface area contributed by atoms with E-state index in [1.165, 1.54) is 10.4 Å². The fourth-order valence-electron chi connectivity index (χ4n) is 1.72. The molecule has 19 heavy (non-hydrogen) atoms. The minimum atomic E-state index is 0.0542. The molecule has 0 aliphatic carbocycles. The third kappa shape index (κ3) is 3.58. The second kappa shape index (κ2) is 6.37. The molecule has 1 amide bonds. The minimum absolute atomic E-state index is 0.0542. The summed E-state index contributed by atoms with van der Waals surface area (Å²) < 4.78 is 1.90. The standard InChI is InChI=1S/C14H13BrINOS/c1-9-5-6-19-13(9)8-17(2)14(18)11-7-10(15)3-4-12(11)16/h3-7H,8H2,1-2H3. The first kappa shape index (κ1) is 15.0. The Kier molecular flexibility index (Phi) is 5.03. The Labute approximate surface area is 139 Å². The number of hydrogen-bond acceptors (Lipinski definition) is 2. The van der Waals surface area contributed by atoms with Crippen LogP contribution < -0.4 is 0 Å². The largest absolute Gasteiger partial charge is 0.337 e. The molecule has 1 aromatic carbocycles. The van der Waals surface area contributed by atoms with E-state index in [-0.39, 0.29) is 5.91 Å². The van der Waals surface area contributed by atoms with Crippen molar-refractivity contribution in [3.8, 4) is 0 Å². The van der Waals surface area contributed by atoms with Gasteiger partial charge in [-0.2, -0.15) is 0 Å². The number of thiophene rings is 1. The highest BCUT2D eigenvalue weighted by Gasteiger charge is 2.16. The Morgan fingerprint density at radius 1 is 1.42 bits per heavy atom. The second-order valence-electron chi connectivity index (χ2n) is 4.31. The molecule has 2 aromatic rings. The summed E-state index contributed by atoms with van der Waals surface area (Å²) in [4.78, 5) is 15.5. The summed E-state index contributed by atoms with van der Waals surface area (Å²) in [5.74, 6) is 0.0542. The number of hydrogen-bond donors (Lipinski definition) is 0. The smallest absolute Gasteiger partial charge is 0.255 e. The molecule has 1 aromatic heterocycles. The molecule has 0 spiro atoms. The quantitative estimate of drug-likeness (QED) is 0.622. The lowest BCUT2D eigenvalue weighted by molar-refractivity contribution is 0.0785. The topological polar surface area (TPSA) is 20.3 Å². The number of amides is 1. The average molecular weight is 450 g/mol. The predicted octanol–water partition coefficient (Wildman–Crippen LogP) is 4.70. The second-order valence-corrected chi connectivity index (χ2v) is 7.39. The first-order valence-electron chi connectivity index (χ1n) is 5.72. The van der Waals surface area contributed by atoms with Crippen molar-refractivity contribution in [2.75, 3.05) is 7.05 Å². The molecule has 5 heteroatoms. The van der Waals surface area contributed by atoms with Crippen LogP contribution in [0.25, 0.3) is 0 Å². The fourth-order valence-corrected chi connectivity index (χ4v) is 3.61. The van der Waals surface area contributed by atoms with Gasteiger partial charge < -0.3 is 4.90 Å². The maximum atomic E-state index is 12.5. The van der Waals surface area contributed by atoms with Gasteiger partial charge in [0.1, 0.15) is 0 Å². The predicted molar refractivity (Wildman–Crippen MR) is 91.7 cm³/mol. The highest BCUT2D eigenvalue weighted by molar-refractivity contribution is 14.1. The number of rotatable bonds is 3. The summed E-state index contributed by atoms with van der Waals surface area (Å²) in [7, 11) is 1.85. The Bertz CT molecular complexity index is 611. The van der Waals surface area contributed by atoms with Crippen LogP contribution in [0.2, 0.25) is 0 Å². The van der Waals surface area contributed by atoms with Gasteiger partial charge in [-0.05, 0) is 64.7 Å². The van der Waals surface area contributed by atoms with Crippen LogP contribution in [0, 0.1) is 10.5 Å². The van der Waals surface area contributed by atoms with Gasteiger partial charge in [0.15, 0.2) is 0 Å². The zero-order valence-electron chi connectivity index (χ0n) is 10.6. The van der Waals surface area contributed by atoms with Gasteiger partial charge in [0, 0.05) is 20.0 Å². The maximum Gasteiger partial charge on any atom is 0.255 e. The van der Waals surface area contributed by atoms with Gasteiger partial charge in [-0.15, -0.1) is 11.3 Å². The molecule has 0 bridgehead atoms. The summed E-state index contributed by atoms with van der Waals surface area (Å²) in [5, 5.41) is 2.06. The van der Waals surface area contributed by atoms with Crippen LogP contribution in [-0.2, 0) is 6.54 Å². The fraction of sp³-hybridized carbons (Fsp3) is 0.214. The molecule has 100 valence electrons. The van der Waals surface area contributed by atoms with Crippen molar-refractivity contribution in [2.45, 2.75) is 13.5 Å². The zero-order chi connectivity index (χ0) is 14.0. The van der Waals surface area contributed by atoms with Crippen LogP contribution in [0.5, 0.6) is 0 Å². The van der Waals surface area contributed by atoms with E-state index in [4.69, 9.17) is 0 Å². The van der Waals surface area contributed by atoms with Crippen LogP contribution in [0.1, 0.15) is 20.8 Å².